The van der Waals surface area contributed by atoms with Crippen LogP contribution in [0.1, 0.15) is 86.0 Å². The Morgan fingerprint density at radius 3 is 2.08 bits per heavy atom. The Bertz CT molecular complexity index is 448. The third-order valence-electron chi connectivity index (χ3n) is 4.98. The van der Waals surface area contributed by atoms with Crippen LogP contribution in [0.2, 0.25) is 0 Å². The number of piperidine rings is 1. The van der Waals surface area contributed by atoms with Gasteiger partial charge in [-0.1, -0.05) is 39.0 Å². The van der Waals surface area contributed by atoms with Crippen LogP contribution in [0.15, 0.2) is 0 Å². The lowest BCUT2D eigenvalue weighted by atomic mass is 9.79. The number of carbonyl (C=O) groups is 2. The highest BCUT2D eigenvalue weighted by Gasteiger charge is 2.47. The van der Waals surface area contributed by atoms with Gasteiger partial charge in [-0.15, -0.1) is 0 Å². The molecule has 0 atom stereocenters. The third kappa shape index (κ3) is 6.85. The average molecular weight is 371 g/mol. The summed E-state index contributed by atoms with van der Waals surface area (Å²) < 4.78 is 0. The van der Waals surface area contributed by atoms with E-state index in [4.69, 9.17) is 10.7 Å². The second-order valence-electron chi connectivity index (χ2n) is 8.57. The molecule has 1 aliphatic heterocycles. The fraction of sp³-hybridized carbons (Fsp3) is 0.895. The van der Waals surface area contributed by atoms with E-state index in [1.54, 1.807) is 0 Å². The van der Waals surface area contributed by atoms with Gasteiger partial charge in [-0.3, -0.25) is 19.9 Å². The number of hydrazine groups is 1. The van der Waals surface area contributed by atoms with Crippen molar-refractivity contribution < 1.29 is 14.4 Å². The molecule has 1 rings (SSSR count). The minimum absolute atomic E-state index is 0.0984. The van der Waals surface area contributed by atoms with Gasteiger partial charge < -0.3 is 5.32 Å². The number of rotatable bonds is 9. The van der Waals surface area contributed by atoms with E-state index >= 15 is 0 Å². The van der Waals surface area contributed by atoms with Gasteiger partial charge in [0.1, 0.15) is 0 Å². The van der Waals surface area contributed by atoms with Gasteiger partial charge in [-0.25, -0.2) is 5.84 Å². The molecule has 0 saturated carbocycles. The highest BCUT2D eigenvalue weighted by Crippen LogP contribution is 2.38. The zero-order valence-corrected chi connectivity index (χ0v) is 17.2. The van der Waals surface area contributed by atoms with Crippen LogP contribution in [-0.4, -0.2) is 40.6 Å². The summed E-state index contributed by atoms with van der Waals surface area (Å²) in [6, 6.07) is -0.0984. The summed E-state index contributed by atoms with van der Waals surface area (Å²) in [5, 5.41) is 4.87. The predicted octanol–water partition coefficient (Wildman–Crippen LogP) is 2.41. The summed E-state index contributed by atoms with van der Waals surface area (Å²) in [6.45, 7) is 11.4. The first-order valence-electron chi connectivity index (χ1n) is 9.88. The molecule has 4 N–H and O–H groups in total. The molecule has 0 aromatic carbocycles. The zero-order chi connectivity index (χ0) is 19.8. The first-order valence-corrected chi connectivity index (χ1v) is 9.88. The van der Waals surface area contributed by atoms with E-state index in [1.807, 2.05) is 5.43 Å². The second-order valence-corrected chi connectivity index (χ2v) is 8.57. The fourth-order valence-corrected chi connectivity index (χ4v) is 4.07. The smallest absolute Gasteiger partial charge is 0.323 e. The summed E-state index contributed by atoms with van der Waals surface area (Å²) in [4.78, 5) is 29.3. The minimum Gasteiger partial charge on any atom is -0.345 e. The maximum Gasteiger partial charge on any atom is 0.323 e. The molecule has 26 heavy (non-hydrogen) atoms. The molecule has 1 saturated heterocycles. The Hall–Kier alpha value is -1.18. The molecule has 0 unspecified atom stereocenters. The molecule has 0 aromatic rings. The van der Waals surface area contributed by atoms with E-state index in [9.17, 15) is 9.59 Å². The van der Waals surface area contributed by atoms with Crippen molar-refractivity contribution in [2.75, 3.05) is 6.61 Å². The Kier molecular flexibility index (Phi) is 9.00. The average Bonchev–Trinajstić information content (AvgIpc) is 2.54. The summed E-state index contributed by atoms with van der Waals surface area (Å²) >= 11 is 0. The number of hydroxylamine groups is 2. The van der Waals surface area contributed by atoms with E-state index < -0.39 is 11.8 Å². The lowest BCUT2D eigenvalue weighted by molar-refractivity contribution is -0.284. The van der Waals surface area contributed by atoms with E-state index in [0.717, 1.165) is 6.42 Å². The van der Waals surface area contributed by atoms with Crippen molar-refractivity contribution in [2.24, 2.45) is 5.84 Å². The van der Waals surface area contributed by atoms with Crippen LogP contribution in [0.5, 0.6) is 0 Å². The molecule has 1 aliphatic rings. The maximum atomic E-state index is 11.8. The molecule has 0 bridgehead atoms. The van der Waals surface area contributed by atoms with Crippen molar-refractivity contribution in [3.05, 3.63) is 0 Å². The number of carbonyl (C=O) groups excluding carboxylic acids is 2. The van der Waals surface area contributed by atoms with Gasteiger partial charge in [0, 0.05) is 17.1 Å². The van der Waals surface area contributed by atoms with Crippen LogP contribution < -0.4 is 16.6 Å². The number of nitrogens with one attached hydrogen (secondary N) is 2. The van der Waals surface area contributed by atoms with Crippen molar-refractivity contribution in [1.29, 1.82) is 0 Å². The number of unbranched alkanes of at least 4 members (excludes halogenated alkanes) is 5. The van der Waals surface area contributed by atoms with E-state index in [2.05, 4.69) is 45.0 Å². The molecule has 1 fully saturated rings. The first kappa shape index (κ1) is 22.9. The lowest BCUT2D eigenvalue weighted by Crippen LogP contribution is -2.64. The van der Waals surface area contributed by atoms with Crippen LogP contribution in [0.3, 0.4) is 0 Å². The van der Waals surface area contributed by atoms with Crippen LogP contribution in [-0.2, 0) is 14.4 Å². The topological polar surface area (TPSA) is 96.7 Å². The minimum atomic E-state index is -0.817. The van der Waals surface area contributed by atoms with Crippen molar-refractivity contribution in [3.8, 4) is 0 Å². The van der Waals surface area contributed by atoms with Gasteiger partial charge in [0.05, 0.1) is 6.61 Å². The van der Waals surface area contributed by atoms with Gasteiger partial charge >= 0.3 is 11.8 Å². The SMILES string of the molecule is CCCCCCCCON1C(C)(C)CC(NC(=O)C(=O)NN)CC1(C)C. The molecule has 2 amide bonds. The molecule has 1 heterocycles. The van der Waals surface area contributed by atoms with Crippen molar-refractivity contribution >= 4 is 11.8 Å². The largest absolute Gasteiger partial charge is 0.345 e. The maximum absolute atomic E-state index is 11.8. The summed E-state index contributed by atoms with van der Waals surface area (Å²) in [7, 11) is 0. The zero-order valence-electron chi connectivity index (χ0n) is 17.2. The summed E-state index contributed by atoms with van der Waals surface area (Å²) in [5.74, 6) is 3.52. The van der Waals surface area contributed by atoms with Crippen LogP contribution in [0.25, 0.3) is 0 Å². The Morgan fingerprint density at radius 2 is 1.54 bits per heavy atom. The van der Waals surface area contributed by atoms with Crippen LogP contribution >= 0.6 is 0 Å². The normalized spacial score (nSPS) is 19.9. The lowest BCUT2D eigenvalue weighted by Gasteiger charge is -2.53. The van der Waals surface area contributed by atoms with Crippen molar-refractivity contribution in [3.63, 3.8) is 0 Å². The van der Waals surface area contributed by atoms with E-state index in [0.29, 0.717) is 19.4 Å². The van der Waals surface area contributed by atoms with E-state index in [1.165, 1.54) is 32.1 Å². The molecule has 0 aromatic heterocycles. The van der Waals surface area contributed by atoms with Gasteiger partial charge in [-0.2, -0.15) is 5.06 Å². The first-order chi connectivity index (χ1) is 12.1. The van der Waals surface area contributed by atoms with E-state index in [-0.39, 0.29) is 17.1 Å². The number of nitrogens with zero attached hydrogens (tertiary/aromatic N) is 1. The third-order valence-corrected chi connectivity index (χ3v) is 4.98. The highest BCUT2D eigenvalue weighted by molar-refractivity contribution is 6.34. The van der Waals surface area contributed by atoms with Gasteiger partial charge in [0.25, 0.3) is 0 Å². The Morgan fingerprint density at radius 1 is 1.00 bits per heavy atom. The Labute approximate surface area is 158 Å². The molecule has 7 heteroatoms. The van der Waals surface area contributed by atoms with Crippen molar-refractivity contribution in [2.45, 2.75) is 103 Å². The molecule has 7 nitrogen and oxygen atoms in total. The monoisotopic (exact) mass is 370 g/mol. The molecule has 0 aliphatic carbocycles. The number of hydrogen-bond donors (Lipinski definition) is 3. The number of hydrogen-bond acceptors (Lipinski definition) is 5. The molecular weight excluding hydrogens is 332 g/mol. The van der Waals surface area contributed by atoms with Gasteiger partial charge in [-0.05, 0) is 47.0 Å². The quantitative estimate of drug-likeness (QED) is 0.190. The summed E-state index contributed by atoms with van der Waals surface area (Å²) in [6.07, 6.45) is 8.80. The van der Waals surface area contributed by atoms with Gasteiger partial charge in [0.15, 0.2) is 0 Å². The molecule has 0 radical (unpaired) electrons. The molecular formula is C19H38N4O3. The van der Waals surface area contributed by atoms with Crippen LogP contribution in [0, 0.1) is 0 Å². The molecule has 152 valence electrons. The number of amides is 2. The standard InChI is InChI=1S/C19H38N4O3/c1-6-7-8-9-10-11-12-26-23-18(2,3)13-15(14-19(23,4)5)21-16(24)17(25)22-20/h15H,6-14,20H2,1-5H3,(H,21,24)(H,22,25). The Balaban J connectivity index is 2.53. The second kappa shape index (κ2) is 10.2. The van der Waals surface area contributed by atoms with Crippen LogP contribution in [0.4, 0.5) is 0 Å². The van der Waals surface area contributed by atoms with Crippen molar-refractivity contribution in [1.82, 2.24) is 15.8 Å². The molecule has 0 spiro atoms. The predicted molar refractivity (Wildman–Crippen MR) is 103 cm³/mol. The summed E-state index contributed by atoms with van der Waals surface area (Å²) in [5.41, 5.74) is 1.37. The fourth-order valence-electron chi connectivity index (χ4n) is 4.07. The van der Waals surface area contributed by atoms with Gasteiger partial charge in [0.2, 0.25) is 0 Å². The number of nitrogens with two attached hydrogens (primary N) is 1. The highest BCUT2D eigenvalue weighted by atomic mass is 16.7.